The SMILES string of the molecule is CC(C)n1cnc2c(NCc3coc(-c4ccccc4)c3)nc(NC3CCC([NH-])CC3)nc21.[Ac]. The Balaban J connectivity index is 0.00000274. The molecule has 1 aliphatic rings. The Morgan fingerprint density at radius 3 is 2.62 bits per heavy atom. The van der Waals surface area contributed by atoms with Gasteiger partial charge in [0, 0.05) is 73.8 Å². The van der Waals surface area contributed by atoms with Crippen LogP contribution >= 0.6 is 0 Å². The fourth-order valence-electron chi connectivity index (χ4n) is 4.31. The molecule has 0 amide bonds. The topological polar surface area (TPSA) is 105 Å². The van der Waals surface area contributed by atoms with E-state index >= 15 is 0 Å². The van der Waals surface area contributed by atoms with Gasteiger partial charge in [-0.15, -0.1) is 6.04 Å². The van der Waals surface area contributed by atoms with Gasteiger partial charge in [0.2, 0.25) is 5.95 Å². The normalized spacial score (nSPS) is 18.1. The number of hydrogen-bond acceptors (Lipinski definition) is 6. The minimum atomic E-state index is 0. The smallest absolute Gasteiger partial charge is 0.227 e. The molecule has 1 aromatic carbocycles. The average Bonchev–Trinajstić information content (AvgIpc) is 3.47. The summed E-state index contributed by atoms with van der Waals surface area (Å²) in [4.78, 5) is 14.2. The fraction of sp³-hybridized carbons (Fsp3) is 0.400. The van der Waals surface area contributed by atoms with Crippen LogP contribution < -0.4 is 10.6 Å². The van der Waals surface area contributed by atoms with E-state index in [2.05, 4.69) is 34.0 Å². The van der Waals surface area contributed by atoms with Crippen molar-refractivity contribution < 1.29 is 48.5 Å². The Morgan fingerprint density at radius 2 is 1.88 bits per heavy atom. The number of anilines is 2. The number of nitrogens with zero attached hydrogens (tertiary/aromatic N) is 4. The molecule has 0 saturated heterocycles. The van der Waals surface area contributed by atoms with Gasteiger partial charge in [-0.05, 0) is 32.8 Å². The minimum Gasteiger partial charge on any atom is -0.675 e. The molecule has 1 saturated carbocycles. The Morgan fingerprint density at radius 1 is 1.12 bits per heavy atom. The van der Waals surface area contributed by atoms with Crippen LogP contribution in [0.5, 0.6) is 0 Å². The monoisotopic (exact) mass is 671 g/mol. The van der Waals surface area contributed by atoms with E-state index in [1.807, 2.05) is 42.7 Å². The molecule has 175 valence electrons. The summed E-state index contributed by atoms with van der Waals surface area (Å²) in [6.07, 6.45) is 7.38. The molecule has 0 unspecified atom stereocenters. The second kappa shape index (κ2) is 11.2. The Bertz CT molecular complexity index is 1210. The molecule has 0 bridgehead atoms. The second-order valence-corrected chi connectivity index (χ2v) is 9.05. The third-order valence-electron chi connectivity index (χ3n) is 6.21. The van der Waals surface area contributed by atoms with E-state index in [9.17, 15) is 0 Å². The van der Waals surface area contributed by atoms with E-state index in [4.69, 9.17) is 20.1 Å². The zero-order valence-corrected chi connectivity index (χ0v) is 24.4. The maximum Gasteiger partial charge on any atom is 0.227 e. The number of furan rings is 1. The van der Waals surface area contributed by atoms with Crippen LogP contribution in [0.4, 0.5) is 11.8 Å². The van der Waals surface area contributed by atoms with Crippen molar-refractivity contribution >= 4 is 22.9 Å². The van der Waals surface area contributed by atoms with Crippen LogP contribution in [0.25, 0.3) is 28.2 Å². The summed E-state index contributed by atoms with van der Waals surface area (Å²) in [6, 6.07) is 12.7. The van der Waals surface area contributed by atoms with E-state index in [-0.39, 0.29) is 56.1 Å². The summed E-state index contributed by atoms with van der Waals surface area (Å²) < 4.78 is 7.84. The zero-order chi connectivity index (χ0) is 22.8. The summed E-state index contributed by atoms with van der Waals surface area (Å²) in [7, 11) is 0. The molecule has 4 aromatic rings. The summed E-state index contributed by atoms with van der Waals surface area (Å²) in [5.74, 6) is 2.16. The zero-order valence-electron chi connectivity index (χ0n) is 19.7. The third-order valence-corrected chi connectivity index (χ3v) is 6.21. The van der Waals surface area contributed by atoms with Gasteiger partial charge in [0.05, 0.1) is 12.6 Å². The maximum absolute atomic E-state index is 7.94. The van der Waals surface area contributed by atoms with Crippen molar-refractivity contribution in [3.63, 3.8) is 0 Å². The van der Waals surface area contributed by atoms with E-state index < -0.39 is 0 Å². The van der Waals surface area contributed by atoms with Crippen molar-refractivity contribution in [3.8, 4) is 11.3 Å². The van der Waals surface area contributed by atoms with Crippen LogP contribution in [0.1, 0.15) is 51.1 Å². The predicted molar refractivity (Wildman–Crippen MR) is 131 cm³/mol. The van der Waals surface area contributed by atoms with Crippen LogP contribution in [0.3, 0.4) is 0 Å². The summed E-state index contributed by atoms with van der Waals surface area (Å²) in [5.41, 5.74) is 11.6. The third kappa shape index (κ3) is 5.64. The number of nitrogens with one attached hydrogen (secondary N) is 3. The van der Waals surface area contributed by atoms with Gasteiger partial charge < -0.3 is 25.4 Å². The number of fused-ring (bicyclic) bond motifs is 1. The fourth-order valence-corrected chi connectivity index (χ4v) is 4.31. The molecule has 3 aromatic heterocycles. The van der Waals surface area contributed by atoms with Gasteiger partial charge >= 0.3 is 0 Å². The molecule has 34 heavy (non-hydrogen) atoms. The molecule has 0 spiro atoms. The summed E-state index contributed by atoms with van der Waals surface area (Å²) in [5, 5.41) is 6.96. The van der Waals surface area contributed by atoms with Crippen molar-refractivity contribution in [1.29, 1.82) is 0 Å². The van der Waals surface area contributed by atoms with E-state index in [1.54, 1.807) is 6.26 Å². The van der Waals surface area contributed by atoms with Gasteiger partial charge in [0.1, 0.15) is 5.76 Å². The second-order valence-electron chi connectivity index (χ2n) is 9.05. The molecule has 1 aliphatic carbocycles. The van der Waals surface area contributed by atoms with Crippen molar-refractivity contribution in [1.82, 2.24) is 19.5 Å². The first-order valence-corrected chi connectivity index (χ1v) is 11.7. The first kappa shape index (κ1) is 25.2. The molecule has 1 radical (unpaired) electrons. The van der Waals surface area contributed by atoms with Gasteiger partial charge in [0.25, 0.3) is 0 Å². The van der Waals surface area contributed by atoms with E-state index in [0.717, 1.165) is 53.7 Å². The quantitative estimate of drug-likeness (QED) is 0.248. The number of imidazole rings is 1. The van der Waals surface area contributed by atoms with Gasteiger partial charge in [-0.1, -0.05) is 43.2 Å². The average molecular weight is 672 g/mol. The number of benzene rings is 1. The molecule has 3 N–H and O–H groups in total. The van der Waals surface area contributed by atoms with E-state index in [1.165, 1.54) is 0 Å². The van der Waals surface area contributed by atoms with E-state index in [0.29, 0.717) is 24.4 Å². The van der Waals surface area contributed by atoms with Gasteiger partial charge in [-0.3, -0.25) is 0 Å². The largest absolute Gasteiger partial charge is 0.675 e. The molecular formula is C25H30AcN7O-. The number of rotatable bonds is 7. The maximum atomic E-state index is 7.94. The molecule has 0 atom stereocenters. The van der Waals surface area contributed by atoms with Crippen LogP contribution in [-0.2, 0) is 6.54 Å². The van der Waals surface area contributed by atoms with Gasteiger partial charge in [-0.2, -0.15) is 9.97 Å². The molecule has 8 nitrogen and oxygen atoms in total. The van der Waals surface area contributed by atoms with Crippen LogP contribution in [-0.4, -0.2) is 31.6 Å². The number of aromatic nitrogens is 4. The van der Waals surface area contributed by atoms with Crippen LogP contribution in [0.15, 0.2) is 53.4 Å². The Labute approximate surface area is 235 Å². The van der Waals surface area contributed by atoms with Crippen molar-refractivity contribution in [2.75, 3.05) is 10.6 Å². The molecule has 5 rings (SSSR count). The molecular weight excluding hydrogens is 641 g/mol. The van der Waals surface area contributed by atoms with Crippen molar-refractivity contribution in [2.24, 2.45) is 0 Å². The van der Waals surface area contributed by atoms with Crippen LogP contribution in [0, 0.1) is 44.1 Å². The molecule has 9 heteroatoms. The first-order valence-electron chi connectivity index (χ1n) is 11.7. The predicted octanol–water partition coefficient (Wildman–Crippen LogP) is 6.05. The first-order chi connectivity index (χ1) is 16.1. The van der Waals surface area contributed by atoms with Gasteiger partial charge in [0.15, 0.2) is 17.0 Å². The summed E-state index contributed by atoms with van der Waals surface area (Å²) in [6.45, 7) is 4.81. The minimum absolute atomic E-state index is 0. The Kier molecular flexibility index (Phi) is 8.28. The molecule has 3 heterocycles. The summed E-state index contributed by atoms with van der Waals surface area (Å²) >= 11 is 0. The Hall–Kier alpha value is -1.95. The molecule has 0 aliphatic heterocycles. The number of hydrogen-bond donors (Lipinski definition) is 2. The standard InChI is InChI=1S/C25H30N7O.Ac/c1-16(2)32-15-28-22-23(27-13-17-12-21(33-14-17)18-6-4-3-5-7-18)30-25(31-24(22)32)29-20-10-8-19(26)9-11-20;/h3-7,12,14-16,19-20,26H,8-11,13H2,1-2H3,(H2,27,29,30,31);/q-1;. The van der Waals surface area contributed by atoms with Gasteiger partial charge in [-0.25, -0.2) is 4.98 Å². The van der Waals surface area contributed by atoms with Crippen LogP contribution in [0.2, 0.25) is 0 Å². The van der Waals surface area contributed by atoms with Crippen molar-refractivity contribution in [3.05, 3.63) is 60.3 Å². The molecule has 1 fully saturated rings. The van der Waals surface area contributed by atoms with Crippen molar-refractivity contribution in [2.45, 2.75) is 64.2 Å².